The highest BCUT2D eigenvalue weighted by Gasteiger charge is 2.23. The van der Waals surface area contributed by atoms with E-state index >= 15 is 0 Å². The summed E-state index contributed by atoms with van der Waals surface area (Å²) in [7, 11) is -2.24. The van der Waals surface area contributed by atoms with Crippen molar-refractivity contribution < 1.29 is 17.5 Å². The fourth-order valence-corrected chi connectivity index (χ4v) is 4.46. The van der Waals surface area contributed by atoms with Gasteiger partial charge in [-0.3, -0.25) is 0 Å². The molecule has 3 rings (SSSR count). The summed E-state index contributed by atoms with van der Waals surface area (Å²) in [5, 5.41) is 1.87. The number of methoxy groups -OCH3 is 1. The zero-order chi connectivity index (χ0) is 17.9. The lowest BCUT2D eigenvalue weighted by atomic mass is 10.1. The molecule has 4 nitrogen and oxygen atoms in total. The molecule has 1 aromatic heterocycles. The van der Waals surface area contributed by atoms with Crippen molar-refractivity contribution in [3.63, 3.8) is 0 Å². The van der Waals surface area contributed by atoms with Crippen molar-refractivity contribution in [2.24, 2.45) is 0 Å². The molecule has 7 heteroatoms. The average molecular weight is 377 g/mol. The van der Waals surface area contributed by atoms with Crippen LogP contribution in [0, 0.1) is 5.82 Å². The standard InChI is InChI=1S/C18H16FNO3S2/c1-23-15-8-10-16(11-9-15)25(21,22)20-18(17-3-2-12-24-17)13-4-6-14(19)7-5-13/h2-12,18,20H,1H3. The molecule has 0 aliphatic heterocycles. The minimum atomic E-state index is -3.76. The first-order chi connectivity index (χ1) is 12.0. The van der Waals surface area contributed by atoms with E-state index in [-0.39, 0.29) is 10.7 Å². The Balaban J connectivity index is 1.95. The Hall–Kier alpha value is -2.22. The van der Waals surface area contributed by atoms with Crippen molar-refractivity contribution >= 4 is 21.4 Å². The minimum absolute atomic E-state index is 0.136. The normalized spacial score (nSPS) is 12.7. The molecule has 1 atom stereocenters. The number of nitrogens with one attached hydrogen (secondary N) is 1. The van der Waals surface area contributed by atoms with Crippen molar-refractivity contribution in [2.75, 3.05) is 7.11 Å². The maximum atomic E-state index is 13.2. The molecule has 0 spiro atoms. The van der Waals surface area contributed by atoms with Crippen LogP contribution in [0.1, 0.15) is 16.5 Å². The molecule has 0 saturated heterocycles. The van der Waals surface area contributed by atoms with E-state index in [1.54, 1.807) is 24.3 Å². The maximum Gasteiger partial charge on any atom is 0.241 e. The van der Waals surface area contributed by atoms with Crippen molar-refractivity contribution in [1.82, 2.24) is 4.72 Å². The van der Waals surface area contributed by atoms with E-state index in [2.05, 4.69) is 4.72 Å². The molecule has 0 aliphatic carbocycles. The number of hydrogen-bond acceptors (Lipinski definition) is 4. The predicted octanol–water partition coefficient (Wildman–Crippen LogP) is 3.96. The Morgan fingerprint density at radius 2 is 1.72 bits per heavy atom. The van der Waals surface area contributed by atoms with E-state index in [9.17, 15) is 12.8 Å². The van der Waals surface area contributed by atoms with Gasteiger partial charge in [-0.2, -0.15) is 4.72 Å². The number of halogens is 1. The minimum Gasteiger partial charge on any atom is -0.497 e. The SMILES string of the molecule is COc1ccc(S(=O)(=O)NC(c2ccc(F)cc2)c2cccs2)cc1. The second kappa shape index (κ2) is 7.35. The summed E-state index contributed by atoms with van der Waals surface area (Å²) in [4.78, 5) is 0.959. The number of thiophene rings is 1. The summed E-state index contributed by atoms with van der Waals surface area (Å²) in [6, 6.07) is 15.0. The predicted molar refractivity (Wildman–Crippen MR) is 95.9 cm³/mol. The largest absolute Gasteiger partial charge is 0.497 e. The molecule has 0 bridgehead atoms. The fraction of sp³-hybridized carbons (Fsp3) is 0.111. The van der Waals surface area contributed by atoms with Gasteiger partial charge in [-0.1, -0.05) is 18.2 Å². The molecular weight excluding hydrogens is 361 g/mol. The number of ether oxygens (including phenoxy) is 1. The van der Waals surface area contributed by atoms with Gasteiger partial charge in [-0.05, 0) is 53.4 Å². The van der Waals surface area contributed by atoms with Gasteiger partial charge in [0.1, 0.15) is 11.6 Å². The first-order valence-electron chi connectivity index (χ1n) is 7.45. The van der Waals surface area contributed by atoms with E-state index in [0.29, 0.717) is 11.3 Å². The quantitative estimate of drug-likeness (QED) is 0.707. The van der Waals surface area contributed by atoms with Crippen LogP contribution in [0.3, 0.4) is 0 Å². The smallest absolute Gasteiger partial charge is 0.241 e. The van der Waals surface area contributed by atoms with Crippen LogP contribution in [0.25, 0.3) is 0 Å². The van der Waals surface area contributed by atoms with E-state index in [4.69, 9.17) is 4.74 Å². The number of sulfonamides is 1. The number of rotatable bonds is 6. The van der Waals surface area contributed by atoms with Gasteiger partial charge in [0.15, 0.2) is 0 Å². The molecule has 0 radical (unpaired) electrons. The molecule has 25 heavy (non-hydrogen) atoms. The Labute approximate surface area is 150 Å². The Bertz CT molecular complexity index is 921. The van der Waals surface area contributed by atoms with Gasteiger partial charge in [0, 0.05) is 4.88 Å². The molecule has 0 fully saturated rings. The third-order valence-electron chi connectivity index (χ3n) is 3.67. The van der Waals surface area contributed by atoms with Crippen LogP contribution in [0.5, 0.6) is 5.75 Å². The van der Waals surface area contributed by atoms with Gasteiger partial charge in [0.2, 0.25) is 10.0 Å². The maximum absolute atomic E-state index is 13.2. The highest BCUT2D eigenvalue weighted by atomic mass is 32.2. The monoisotopic (exact) mass is 377 g/mol. The van der Waals surface area contributed by atoms with Crippen LogP contribution in [-0.2, 0) is 10.0 Å². The molecule has 0 amide bonds. The molecule has 2 aromatic carbocycles. The van der Waals surface area contributed by atoms with Crippen LogP contribution in [-0.4, -0.2) is 15.5 Å². The molecule has 3 aromatic rings. The van der Waals surface area contributed by atoms with Crippen molar-refractivity contribution in [3.05, 3.63) is 82.3 Å². The third kappa shape index (κ3) is 4.07. The Morgan fingerprint density at radius 1 is 1.04 bits per heavy atom. The van der Waals surface area contributed by atoms with Crippen LogP contribution in [0.4, 0.5) is 4.39 Å². The van der Waals surface area contributed by atoms with Gasteiger partial charge in [-0.25, -0.2) is 12.8 Å². The zero-order valence-electron chi connectivity index (χ0n) is 13.3. The first-order valence-corrected chi connectivity index (χ1v) is 9.81. The first kappa shape index (κ1) is 17.6. The van der Waals surface area contributed by atoms with Crippen LogP contribution < -0.4 is 9.46 Å². The van der Waals surface area contributed by atoms with Gasteiger partial charge >= 0.3 is 0 Å². The van der Waals surface area contributed by atoms with Crippen LogP contribution in [0.2, 0.25) is 0 Å². The van der Waals surface area contributed by atoms with E-state index in [0.717, 1.165) is 4.88 Å². The van der Waals surface area contributed by atoms with Crippen LogP contribution >= 0.6 is 11.3 Å². The topological polar surface area (TPSA) is 55.4 Å². The molecule has 0 saturated carbocycles. The summed E-state index contributed by atoms with van der Waals surface area (Å²) < 4.78 is 46.5. The van der Waals surface area contributed by atoms with Crippen molar-refractivity contribution in [2.45, 2.75) is 10.9 Å². The van der Waals surface area contributed by atoms with Gasteiger partial charge in [0.05, 0.1) is 18.0 Å². The van der Waals surface area contributed by atoms with E-state index < -0.39 is 16.1 Å². The molecule has 1 unspecified atom stereocenters. The summed E-state index contributed by atoms with van der Waals surface area (Å²) in [5.41, 5.74) is 0.668. The fourth-order valence-electron chi connectivity index (χ4n) is 2.38. The second-order valence-corrected chi connectivity index (χ2v) is 7.99. The average Bonchev–Trinajstić information content (AvgIpc) is 3.15. The van der Waals surface area contributed by atoms with E-state index in [1.165, 1.54) is 42.7 Å². The summed E-state index contributed by atoms with van der Waals surface area (Å²) in [6.07, 6.45) is 0. The lowest BCUT2D eigenvalue weighted by Crippen LogP contribution is -2.29. The van der Waals surface area contributed by atoms with Crippen molar-refractivity contribution in [3.8, 4) is 5.75 Å². The Kier molecular flexibility index (Phi) is 5.17. The Morgan fingerprint density at radius 3 is 2.28 bits per heavy atom. The molecular formula is C18H16FNO3S2. The highest BCUT2D eigenvalue weighted by molar-refractivity contribution is 7.89. The lowest BCUT2D eigenvalue weighted by Gasteiger charge is -2.18. The highest BCUT2D eigenvalue weighted by Crippen LogP contribution is 2.28. The molecule has 1 heterocycles. The number of benzene rings is 2. The van der Waals surface area contributed by atoms with E-state index in [1.807, 2.05) is 17.5 Å². The van der Waals surface area contributed by atoms with Gasteiger partial charge in [-0.15, -0.1) is 11.3 Å². The zero-order valence-corrected chi connectivity index (χ0v) is 15.0. The second-order valence-electron chi connectivity index (χ2n) is 5.30. The molecule has 130 valence electrons. The lowest BCUT2D eigenvalue weighted by molar-refractivity contribution is 0.414. The van der Waals surface area contributed by atoms with Crippen LogP contribution in [0.15, 0.2) is 70.9 Å². The summed E-state index contributed by atoms with van der Waals surface area (Å²) in [6.45, 7) is 0. The third-order valence-corrected chi connectivity index (χ3v) is 6.05. The van der Waals surface area contributed by atoms with Gasteiger partial charge in [0.25, 0.3) is 0 Å². The van der Waals surface area contributed by atoms with Gasteiger partial charge < -0.3 is 4.74 Å². The molecule has 0 aliphatic rings. The summed E-state index contributed by atoms with van der Waals surface area (Å²) in [5.74, 6) is 0.207. The number of hydrogen-bond donors (Lipinski definition) is 1. The summed E-state index contributed by atoms with van der Waals surface area (Å²) >= 11 is 1.43. The molecule has 1 N–H and O–H groups in total. The van der Waals surface area contributed by atoms with Crippen molar-refractivity contribution in [1.29, 1.82) is 0 Å².